The van der Waals surface area contributed by atoms with Gasteiger partial charge in [-0.25, -0.2) is 9.97 Å². The van der Waals surface area contributed by atoms with E-state index in [2.05, 4.69) is 191 Å². The van der Waals surface area contributed by atoms with Crippen molar-refractivity contribution in [2.45, 2.75) is 6.54 Å². The molecule has 58 heavy (non-hydrogen) atoms. The van der Waals surface area contributed by atoms with Crippen molar-refractivity contribution in [3.05, 3.63) is 192 Å². The molecule has 11 rings (SSSR count). The Morgan fingerprint density at radius 1 is 0.397 bits per heavy atom. The molecular weight excluding hydrogens is 711 g/mol. The number of rotatable bonds is 5. The number of ether oxygens (including phenoxy) is 1. The summed E-state index contributed by atoms with van der Waals surface area (Å²) in [5.74, 6) is 0.953. The highest BCUT2D eigenvalue weighted by atomic mass is 16.5. The van der Waals surface area contributed by atoms with Crippen molar-refractivity contribution in [1.82, 2.24) is 19.9 Å². The number of aromatic amines is 2. The molecule has 0 atom stereocenters. The molecule has 8 bridgehead atoms. The molecule has 0 spiro atoms. The quantitative estimate of drug-likeness (QED) is 0.184. The zero-order valence-corrected chi connectivity index (χ0v) is 31.6. The van der Waals surface area contributed by atoms with Gasteiger partial charge < -0.3 is 19.6 Å². The number of anilines is 1. The average Bonchev–Trinajstić information content (AvgIpc) is 4.13. The zero-order valence-electron chi connectivity index (χ0n) is 31.6. The van der Waals surface area contributed by atoms with Gasteiger partial charge in [-0.05, 0) is 89.0 Å². The summed E-state index contributed by atoms with van der Waals surface area (Å²) in [6, 6.07) is 57.3. The van der Waals surface area contributed by atoms with Gasteiger partial charge in [0.1, 0.15) is 5.75 Å². The first-order valence-corrected chi connectivity index (χ1v) is 19.6. The second-order valence-corrected chi connectivity index (χ2v) is 14.7. The first-order chi connectivity index (χ1) is 28.7. The molecule has 0 fully saturated rings. The summed E-state index contributed by atoms with van der Waals surface area (Å²) >= 11 is 0. The average molecular weight is 748 g/mol. The van der Waals surface area contributed by atoms with Crippen molar-refractivity contribution in [1.29, 1.82) is 0 Å². The second-order valence-electron chi connectivity index (χ2n) is 14.7. The number of hydrogen-bond donors (Lipinski definition) is 2. The van der Waals surface area contributed by atoms with E-state index in [-0.39, 0.29) is 0 Å². The Kier molecular flexibility index (Phi) is 8.18. The topological polar surface area (TPSA) is 69.8 Å². The van der Waals surface area contributed by atoms with E-state index in [0.29, 0.717) is 6.73 Å². The minimum Gasteiger partial charge on any atom is -0.473 e. The Hall–Kier alpha value is -7.70. The maximum atomic E-state index is 6.12. The van der Waals surface area contributed by atoms with Crippen molar-refractivity contribution < 1.29 is 4.74 Å². The summed E-state index contributed by atoms with van der Waals surface area (Å²) in [5, 5.41) is 0. The molecule has 0 saturated carbocycles. The smallest absolute Gasteiger partial charge is 0.161 e. The van der Waals surface area contributed by atoms with Gasteiger partial charge in [-0.3, -0.25) is 0 Å². The number of hydrogen-bond acceptors (Lipinski definition) is 4. The van der Waals surface area contributed by atoms with Crippen LogP contribution >= 0.6 is 0 Å². The predicted molar refractivity (Wildman–Crippen MR) is 239 cm³/mol. The van der Waals surface area contributed by atoms with Gasteiger partial charge in [0.05, 0.1) is 22.8 Å². The second kappa shape index (κ2) is 14.1. The van der Waals surface area contributed by atoms with Crippen molar-refractivity contribution in [3.63, 3.8) is 0 Å². The van der Waals surface area contributed by atoms with Crippen LogP contribution in [0.4, 0.5) is 5.69 Å². The van der Waals surface area contributed by atoms with E-state index >= 15 is 0 Å². The largest absolute Gasteiger partial charge is 0.473 e. The highest BCUT2D eigenvalue weighted by Crippen LogP contribution is 2.39. The predicted octanol–water partition coefficient (Wildman–Crippen LogP) is 12.7. The SMILES string of the molecule is C1=Cc2nc1c(-c1ccccc1)c1ccc([nH]1)c(-c1ccccc1)c1nc(c(-c3ccc(N4COc5ccccc5C4)cc3)c3ccc([nH]3)c2-c2ccccc2)C=C1. The maximum Gasteiger partial charge on any atom is 0.161 e. The molecule has 0 radical (unpaired) electrons. The molecular formula is C52H37N5O. The minimum absolute atomic E-state index is 0.499. The normalized spacial score (nSPS) is 13.0. The fourth-order valence-electron chi connectivity index (χ4n) is 8.41. The van der Waals surface area contributed by atoms with Gasteiger partial charge in [0, 0.05) is 62.1 Å². The highest BCUT2D eigenvalue weighted by molar-refractivity contribution is 5.99. The van der Waals surface area contributed by atoms with Gasteiger partial charge in [-0.15, -0.1) is 0 Å². The summed E-state index contributed by atoms with van der Waals surface area (Å²) in [6.45, 7) is 1.29. The number of nitrogens with one attached hydrogen (secondary N) is 2. The van der Waals surface area contributed by atoms with Gasteiger partial charge in [0.25, 0.3) is 0 Å². The van der Waals surface area contributed by atoms with Crippen molar-refractivity contribution in [3.8, 4) is 50.3 Å². The lowest BCUT2D eigenvalue weighted by Gasteiger charge is -2.30. The van der Waals surface area contributed by atoms with E-state index < -0.39 is 0 Å². The molecule has 3 aromatic heterocycles. The van der Waals surface area contributed by atoms with Crippen LogP contribution < -0.4 is 9.64 Å². The molecule has 6 heteroatoms. The third-order valence-corrected chi connectivity index (χ3v) is 11.2. The summed E-state index contributed by atoms with van der Waals surface area (Å²) in [7, 11) is 0. The highest BCUT2D eigenvalue weighted by Gasteiger charge is 2.20. The van der Waals surface area contributed by atoms with E-state index in [1.165, 1.54) is 5.56 Å². The van der Waals surface area contributed by atoms with E-state index in [1.54, 1.807) is 0 Å². The van der Waals surface area contributed by atoms with Crippen LogP contribution in [-0.4, -0.2) is 26.7 Å². The Labute approximate surface area is 336 Å². The van der Waals surface area contributed by atoms with E-state index in [9.17, 15) is 0 Å². The number of para-hydroxylation sites is 1. The minimum atomic E-state index is 0.499. The van der Waals surface area contributed by atoms with Crippen molar-refractivity contribution >= 4 is 52.1 Å². The van der Waals surface area contributed by atoms with Crippen LogP contribution in [0.5, 0.6) is 5.75 Å². The fraction of sp³-hybridized carbons (Fsp3) is 0.0385. The molecule has 2 N–H and O–H groups in total. The third kappa shape index (κ3) is 5.99. The summed E-state index contributed by atoms with van der Waals surface area (Å²) in [4.78, 5) is 20.8. The van der Waals surface area contributed by atoms with Crippen molar-refractivity contribution in [2.24, 2.45) is 0 Å². The lowest BCUT2D eigenvalue weighted by atomic mass is 10.0. The Morgan fingerprint density at radius 2 is 0.776 bits per heavy atom. The van der Waals surface area contributed by atoms with E-state index in [0.717, 1.165) is 107 Å². The molecule has 3 aliphatic rings. The van der Waals surface area contributed by atoms with Crippen LogP contribution in [0.3, 0.4) is 0 Å². The van der Waals surface area contributed by atoms with Crippen LogP contribution in [0.15, 0.2) is 164 Å². The van der Waals surface area contributed by atoms with Crippen LogP contribution in [0.25, 0.3) is 90.9 Å². The number of aromatic nitrogens is 4. The fourth-order valence-corrected chi connectivity index (χ4v) is 8.41. The molecule has 0 saturated heterocycles. The standard InChI is InChI=1S/C52H37N5O/c1-4-12-34(13-5-1)49-40-24-26-42(53-40)50(35-14-6-2-7-15-35)44-28-30-46(55-44)52(37-20-22-39(23-21-37)57-32-38-18-10-11-19-48(38)58-33-57)47-31-29-45(56-47)51(36-16-8-3-9-17-36)43-27-25-41(49)54-43/h1-31,53,56H,32-33H2. The van der Waals surface area contributed by atoms with Crippen LogP contribution in [0.2, 0.25) is 0 Å². The van der Waals surface area contributed by atoms with Crippen LogP contribution in [0.1, 0.15) is 28.3 Å². The molecule has 5 aromatic carbocycles. The summed E-state index contributed by atoms with van der Waals surface area (Å²) in [6.07, 6.45) is 8.57. The zero-order chi connectivity index (χ0) is 38.4. The van der Waals surface area contributed by atoms with Gasteiger partial charge in [0.15, 0.2) is 6.73 Å². The van der Waals surface area contributed by atoms with Gasteiger partial charge in [-0.2, -0.15) is 0 Å². The lowest BCUT2D eigenvalue weighted by Crippen LogP contribution is -2.31. The summed E-state index contributed by atoms with van der Waals surface area (Å²) in [5.41, 5.74) is 18.2. The first kappa shape index (κ1) is 33.6. The number of H-pyrrole nitrogens is 2. The molecule has 3 aliphatic heterocycles. The molecule has 6 heterocycles. The maximum absolute atomic E-state index is 6.12. The van der Waals surface area contributed by atoms with Crippen LogP contribution in [-0.2, 0) is 6.54 Å². The molecule has 8 aromatic rings. The third-order valence-electron chi connectivity index (χ3n) is 11.2. The molecule has 0 amide bonds. The van der Waals surface area contributed by atoms with Gasteiger partial charge >= 0.3 is 0 Å². The number of benzene rings is 5. The monoisotopic (exact) mass is 747 g/mol. The molecule has 0 aliphatic carbocycles. The summed E-state index contributed by atoms with van der Waals surface area (Å²) < 4.78 is 6.12. The Morgan fingerprint density at radius 3 is 1.21 bits per heavy atom. The van der Waals surface area contributed by atoms with Gasteiger partial charge in [0.2, 0.25) is 0 Å². The van der Waals surface area contributed by atoms with E-state index in [4.69, 9.17) is 14.7 Å². The lowest BCUT2D eigenvalue weighted by molar-refractivity contribution is 0.289. The molecule has 0 unspecified atom stereocenters. The first-order valence-electron chi connectivity index (χ1n) is 19.6. The van der Waals surface area contributed by atoms with E-state index in [1.807, 2.05) is 12.1 Å². The Balaban J connectivity index is 1.20. The number of nitrogens with zero attached hydrogens (tertiary/aromatic N) is 3. The number of fused-ring (bicyclic) bond motifs is 9. The van der Waals surface area contributed by atoms with Crippen LogP contribution in [0, 0.1) is 0 Å². The molecule has 276 valence electrons. The Bertz CT molecular complexity index is 3030. The van der Waals surface area contributed by atoms with Gasteiger partial charge in [-0.1, -0.05) is 121 Å². The van der Waals surface area contributed by atoms with Crippen molar-refractivity contribution in [2.75, 3.05) is 11.6 Å². The molecule has 6 nitrogen and oxygen atoms in total.